The second-order valence-corrected chi connectivity index (χ2v) is 13.0. The number of halogens is 2. The van der Waals surface area contributed by atoms with Crippen molar-refractivity contribution in [2.45, 2.75) is 70.4 Å². The van der Waals surface area contributed by atoms with Crippen LogP contribution in [0.15, 0.2) is 12.7 Å². The summed E-state index contributed by atoms with van der Waals surface area (Å²) in [6, 6.07) is 1.05. The molecule has 0 rings (SSSR count). The SMILES string of the molecule is C=CCCCCCCCCCC[Si](C)(Cl)Cl. The fourth-order valence-electron chi connectivity index (χ4n) is 1.78. The van der Waals surface area contributed by atoms with Crippen molar-refractivity contribution in [3.8, 4) is 0 Å². The molecular weight excluding hydrogens is 255 g/mol. The number of unbranched alkanes of at least 4 members (excludes halogenated alkanes) is 8. The van der Waals surface area contributed by atoms with Crippen molar-refractivity contribution < 1.29 is 0 Å². The van der Waals surface area contributed by atoms with E-state index in [1.807, 2.05) is 12.6 Å². The van der Waals surface area contributed by atoms with E-state index in [9.17, 15) is 0 Å². The van der Waals surface area contributed by atoms with Gasteiger partial charge in [0, 0.05) is 0 Å². The van der Waals surface area contributed by atoms with Crippen molar-refractivity contribution in [2.75, 3.05) is 0 Å². The molecule has 0 spiro atoms. The van der Waals surface area contributed by atoms with Crippen molar-refractivity contribution >= 4 is 28.9 Å². The Balaban J connectivity index is 3.01. The highest BCUT2D eigenvalue weighted by atomic mass is 35.7. The van der Waals surface area contributed by atoms with Crippen molar-refractivity contribution in [3.05, 3.63) is 12.7 Å². The summed E-state index contributed by atoms with van der Waals surface area (Å²) in [5.41, 5.74) is 0. The summed E-state index contributed by atoms with van der Waals surface area (Å²) in [6.45, 7) is 3.93. The van der Waals surface area contributed by atoms with Gasteiger partial charge >= 0.3 is 0 Å². The lowest BCUT2D eigenvalue weighted by atomic mass is 10.1. The molecule has 0 aromatic carbocycles. The Hall–Kier alpha value is 0.537. The standard InChI is InChI=1S/C13H26Cl2Si/c1-3-4-5-6-7-8-9-10-11-12-13-16(2,14)15/h3H,1,4-13H2,2H3. The predicted molar refractivity (Wildman–Crippen MR) is 79.9 cm³/mol. The van der Waals surface area contributed by atoms with Crippen molar-refractivity contribution in [3.63, 3.8) is 0 Å². The first-order chi connectivity index (χ1) is 7.56. The summed E-state index contributed by atoms with van der Waals surface area (Å²) in [4.78, 5) is 0. The van der Waals surface area contributed by atoms with Gasteiger partial charge in [-0.25, -0.2) is 0 Å². The van der Waals surface area contributed by atoms with Crippen LogP contribution in [0.3, 0.4) is 0 Å². The van der Waals surface area contributed by atoms with E-state index >= 15 is 0 Å². The zero-order chi connectivity index (χ0) is 12.3. The van der Waals surface area contributed by atoms with Crippen LogP contribution in [0.1, 0.15) is 57.8 Å². The van der Waals surface area contributed by atoms with Gasteiger partial charge < -0.3 is 0 Å². The van der Waals surface area contributed by atoms with E-state index in [0.717, 1.165) is 6.04 Å². The molecule has 3 heteroatoms. The summed E-state index contributed by atoms with van der Waals surface area (Å²) >= 11 is 12.1. The van der Waals surface area contributed by atoms with Crippen LogP contribution >= 0.6 is 22.2 Å². The largest absolute Gasteiger partial charge is 0.248 e. The molecule has 0 bridgehead atoms. The van der Waals surface area contributed by atoms with Crippen LogP contribution in [0.5, 0.6) is 0 Å². The summed E-state index contributed by atoms with van der Waals surface area (Å²) in [7, 11) is 0. The summed E-state index contributed by atoms with van der Waals surface area (Å²) in [5.74, 6) is 0. The first-order valence-corrected chi connectivity index (χ1v) is 11.3. The number of hydrogen-bond acceptors (Lipinski definition) is 0. The molecule has 0 fully saturated rings. The molecule has 96 valence electrons. The molecule has 0 aliphatic carbocycles. The van der Waals surface area contributed by atoms with E-state index in [-0.39, 0.29) is 0 Å². The molecule has 0 amide bonds. The van der Waals surface area contributed by atoms with E-state index in [4.69, 9.17) is 22.2 Å². The van der Waals surface area contributed by atoms with Gasteiger partial charge in [-0.05, 0) is 25.4 Å². The van der Waals surface area contributed by atoms with Gasteiger partial charge in [0.25, 0.3) is 0 Å². The molecule has 16 heavy (non-hydrogen) atoms. The zero-order valence-corrected chi connectivity index (χ0v) is 13.1. The Morgan fingerprint density at radius 1 is 0.875 bits per heavy atom. The summed E-state index contributed by atoms with van der Waals surface area (Å²) in [5, 5.41) is 0. The molecular formula is C13H26Cl2Si. The Morgan fingerprint density at radius 2 is 1.31 bits per heavy atom. The van der Waals surface area contributed by atoms with Gasteiger partial charge in [-0.3, -0.25) is 0 Å². The highest BCUT2D eigenvalue weighted by Crippen LogP contribution is 2.23. The fraction of sp³-hybridized carbons (Fsp3) is 0.846. The molecule has 0 saturated carbocycles. The van der Waals surface area contributed by atoms with Crippen LogP contribution in [0, 0.1) is 0 Å². The van der Waals surface area contributed by atoms with Crippen LogP contribution in [-0.4, -0.2) is 6.69 Å². The van der Waals surface area contributed by atoms with Gasteiger partial charge in [0.2, 0.25) is 6.69 Å². The topological polar surface area (TPSA) is 0 Å². The Morgan fingerprint density at radius 3 is 1.75 bits per heavy atom. The molecule has 0 atom stereocenters. The third-order valence-corrected chi connectivity index (χ3v) is 5.14. The van der Waals surface area contributed by atoms with Gasteiger partial charge in [0.15, 0.2) is 0 Å². The molecule has 0 nitrogen and oxygen atoms in total. The minimum atomic E-state index is -1.81. The lowest BCUT2D eigenvalue weighted by Crippen LogP contribution is -2.11. The molecule has 0 heterocycles. The fourth-order valence-corrected chi connectivity index (χ4v) is 3.46. The first kappa shape index (κ1) is 16.5. The minimum absolute atomic E-state index is 1.05. The maximum atomic E-state index is 6.04. The molecule has 0 aliphatic heterocycles. The van der Waals surface area contributed by atoms with Crippen molar-refractivity contribution in [1.29, 1.82) is 0 Å². The van der Waals surface area contributed by atoms with E-state index in [0.29, 0.717) is 0 Å². The molecule has 0 unspecified atom stereocenters. The van der Waals surface area contributed by atoms with E-state index in [1.165, 1.54) is 57.8 Å². The maximum absolute atomic E-state index is 6.04. The zero-order valence-electron chi connectivity index (χ0n) is 10.6. The smallest absolute Gasteiger partial charge is 0.146 e. The molecule has 0 aliphatic rings. The van der Waals surface area contributed by atoms with Crippen LogP contribution < -0.4 is 0 Å². The van der Waals surface area contributed by atoms with Crippen LogP contribution in [0.2, 0.25) is 12.6 Å². The number of hydrogen-bond donors (Lipinski definition) is 0. The van der Waals surface area contributed by atoms with Gasteiger partial charge in [0.1, 0.15) is 0 Å². The third kappa shape index (κ3) is 14.5. The Bertz CT molecular complexity index is 164. The number of allylic oxidation sites excluding steroid dienone is 1. The number of rotatable bonds is 11. The highest BCUT2D eigenvalue weighted by Gasteiger charge is 2.19. The molecule has 0 aromatic rings. The lowest BCUT2D eigenvalue weighted by molar-refractivity contribution is 0.577. The lowest BCUT2D eigenvalue weighted by Gasteiger charge is -2.09. The van der Waals surface area contributed by atoms with Crippen LogP contribution in [-0.2, 0) is 0 Å². The van der Waals surface area contributed by atoms with Gasteiger partial charge in [-0.1, -0.05) is 51.0 Å². The van der Waals surface area contributed by atoms with E-state index < -0.39 is 6.69 Å². The molecule has 0 N–H and O–H groups in total. The predicted octanol–water partition coefficient (Wildman–Crippen LogP) is 6.23. The van der Waals surface area contributed by atoms with E-state index in [2.05, 4.69) is 6.58 Å². The Kier molecular flexibility index (Phi) is 11.0. The van der Waals surface area contributed by atoms with Gasteiger partial charge in [0.05, 0.1) is 0 Å². The van der Waals surface area contributed by atoms with Gasteiger partial charge in [-0.15, -0.1) is 28.7 Å². The van der Waals surface area contributed by atoms with Crippen molar-refractivity contribution in [2.24, 2.45) is 0 Å². The van der Waals surface area contributed by atoms with Crippen LogP contribution in [0.4, 0.5) is 0 Å². The van der Waals surface area contributed by atoms with Crippen LogP contribution in [0.25, 0.3) is 0 Å². The summed E-state index contributed by atoms with van der Waals surface area (Å²) < 4.78 is 0. The summed E-state index contributed by atoms with van der Waals surface area (Å²) in [6.07, 6.45) is 13.9. The average Bonchev–Trinajstić information content (AvgIpc) is 2.19. The monoisotopic (exact) mass is 280 g/mol. The Labute approximate surface area is 112 Å². The normalized spacial score (nSPS) is 11.7. The second-order valence-electron chi connectivity index (χ2n) is 4.73. The quantitative estimate of drug-likeness (QED) is 0.182. The first-order valence-electron chi connectivity index (χ1n) is 6.55. The highest BCUT2D eigenvalue weighted by molar-refractivity contribution is 7.44. The van der Waals surface area contributed by atoms with E-state index in [1.54, 1.807) is 0 Å². The second kappa shape index (κ2) is 10.7. The molecule has 0 radical (unpaired) electrons. The minimum Gasteiger partial charge on any atom is -0.146 e. The van der Waals surface area contributed by atoms with Gasteiger partial charge in [-0.2, -0.15) is 0 Å². The molecule has 0 saturated heterocycles. The maximum Gasteiger partial charge on any atom is 0.248 e. The third-order valence-electron chi connectivity index (χ3n) is 2.77. The van der Waals surface area contributed by atoms with Crippen molar-refractivity contribution in [1.82, 2.24) is 0 Å². The average molecular weight is 281 g/mol. The molecule has 0 aromatic heterocycles.